The van der Waals surface area contributed by atoms with Gasteiger partial charge in [0.2, 0.25) is 0 Å². The molecule has 3 rings (SSSR count). The molecule has 0 aromatic heterocycles. The van der Waals surface area contributed by atoms with Crippen molar-refractivity contribution in [2.45, 2.75) is 37.9 Å². The van der Waals surface area contributed by atoms with Crippen molar-refractivity contribution in [1.29, 1.82) is 0 Å². The minimum absolute atomic E-state index is 0.159. The van der Waals surface area contributed by atoms with Crippen LogP contribution in [0.25, 0.3) is 0 Å². The number of aliphatic hydroxyl groups excluding tert-OH is 1. The second-order valence-corrected chi connectivity index (χ2v) is 5.77. The van der Waals surface area contributed by atoms with Crippen LogP contribution in [0.5, 0.6) is 0 Å². The van der Waals surface area contributed by atoms with Gasteiger partial charge in [0, 0.05) is 0 Å². The van der Waals surface area contributed by atoms with Crippen LogP contribution in [0.2, 0.25) is 0 Å². The minimum Gasteiger partial charge on any atom is -0.374 e. The molecule has 0 radical (unpaired) electrons. The van der Waals surface area contributed by atoms with E-state index < -0.39 is 24.7 Å². The third-order valence-electron chi connectivity index (χ3n) is 3.95. The van der Waals surface area contributed by atoms with E-state index >= 15 is 0 Å². The molecule has 5 heteroatoms. The fourth-order valence-corrected chi connectivity index (χ4v) is 2.67. The average molecular weight is 332 g/mol. The number of aliphatic hydroxyl groups is 1. The highest BCUT2D eigenvalue weighted by atomic mass is 19.1. The first-order valence-corrected chi connectivity index (χ1v) is 7.99. The second-order valence-electron chi connectivity index (χ2n) is 5.77. The first kappa shape index (κ1) is 17.0. The number of benzene rings is 2. The third kappa shape index (κ3) is 4.39. The van der Waals surface area contributed by atoms with Gasteiger partial charge < -0.3 is 19.3 Å². The molecule has 1 N–H and O–H groups in total. The van der Waals surface area contributed by atoms with E-state index in [1.165, 1.54) is 0 Å². The number of rotatable bonds is 7. The van der Waals surface area contributed by atoms with E-state index in [0.717, 1.165) is 11.1 Å². The van der Waals surface area contributed by atoms with Gasteiger partial charge in [-0.25, -0.2) is 4.39 Å². The molecule has 1 aliphatic heterocycles. The van der Waals surface area contributed by atoms with Crippen molar-refractivity contribution in [2.75, 3.05) is 6.61 Å². The summed E-state index contributed by atoms with van der Waals surface area (Å²) in [4.78, 5) is 0. The van der Waals surface area contributed by atoms with Gasteiger partial charge in [-0.3, -0.25) is 0 Å². The Kier molecular flexibility index (Phi) is 5.93. The highest BCUT2D eigenvalue weighted by Crippen LogP contribution is 2.26. The molecule has 1 saturated heterocycles. The first-order valence-electron chi connectivity index (χ1n) is 7.99. The molecule has 24 heavy (non-hydrogen) atoms. The van der Waals surface area contributed by atoms with Crippen LogP contribution in [0, 0.1) is 0 Å². The number of alkyl halides is 1. The third-order valence-corrected chi connectivity index (χ3v) is 3.95. The van der Waals surface area contributed by atoms with Crippen LogP contribution in [0.15, 0.2) is 60.7 Å². The lowest BCUT2D eigenvalue weighted by atomic mass is 10.1. The van der Waals surface area contributed by atoms with Gasteiger partial charge >= 0.3 is 0 Å². The Morgan fingerprint density at radius 3 is 2.12 bits per heavy atom. The quantitative estimate of drug-likeness (QED) is 0.847. The standard InChI is InChI=1S/C19H21FO4/c20-17-18(23-12-15-9-5-2-6-10-15)16(24-19(17)21)13-22-11-14-7-3-1-4-8-14/h1-10,16-19,21H,11-13H2/t16-,17+,18-,19-/m1/s1. The Balaban J connectivity index is 1.52. The number of hydrogen-bond donors (Lipinski definition) is 1. The van der Waals surface area contributed by atoms with E-state index in [9.17, 15) is 9.50 Å². The number of ether oxygens (including phenoxy) is 3. The summed E-state index contributed by atoms with van der Waals surface area (Å²) in [6.45, 7) is 0.822. The predicted octanol–water partition coefficient (Wildman–Crippen LogP) is 2.84. The van der Waals surface area contributed by atoms with Gasteiger partial charge in [-0.05, 0) is 11.1 Å². The maximum atomic E-state index is 14.1. The highest BCUT2D eigenvalue weighted by Gasteiger charge is 2.45. The molecule has 1 fully saturated rings. The molecule has 0 aliphatic carbocycles. The van der Waals surface area contributed by atoms with Crippen LogP contribution in [0.1, 0.15) is 11.1 Å². The van der Waals surface area contributed by atoms with E-state index in [1.54, 1.807) is 0 Å². The van der Waals surface area contributed by atoms with Crippen molar-refractivity contribution < 1.29 is 23.7 Å². The van der Waals surface area contributed by atoms with E-state index in [-0.39, 0.29) is 13.2 Å². The van der Waals surface area contributed by atoms with Crippen LogP contribution in [-0.2, 0) is 27.4 Å². The van der Waals surface area contributed by atoms with Crippen molar-refractivity contribution in [3.63, 3.8) is 0 Å². The molecular weight excluding hydrogens is 311 g/mol. The summed E-state index contributed by atoms with van der Waals surface area (Å²) < 4.78 is 30.6. The van der Waals surface area contributed by atoms with E-state index in [0.29, 0.717) is 6.61 Å². The summed E-state index contributed by atoms with van der Waals surface area (Å²) in [6.07, 6.45) is -4.55. The summed E-state index contributed by atoms with van der Waals surface area (Å²) in [5.41, 5.74) is 1.96. The molecule has 1 aliphatic rings. The van der Waals surface area contributed by atoms with Gasteiger partial charge in [0.05, 0.1) is 19.8 Å². The van der Waals surface area contributed by atoms with Crippen molar-refractivity contribution in [3.8, 4) is 0 Å². The van der Waals surface area contributed by atoms with Crippen LogP contribution in [0.3, 0.4) is 0 Å². The summed E-state index contributed by atoms with van der Waals surface area (Å²) in [7, 11) is 0. The number of halogens is 1. The van der Waals surface area contributed by atoms with Crippen LogP contribution in [0.4, 0.5) is 4.39 Å². The minimum atomic E-state index is -1.58. The smallest absolute Gasteiger partial charge is 0.189 e. The average Bonchev–Trinajstić information content (AvgIpc) is 2.89. The Labute approximate surface area is 140 Å². The molecule has 0 bridgehead atoms. The molecule has 2 aromatic carbocycles. The fraction of sp³-hybridized carbons (Fsp3) is 0.368. The van der Waals surface area contributed by atoms with Crippen molar-refractivity contribution in [2.24, 2.45) is 0 Å². The Bertz CT molecular complexity index is 607. The topological polar surface area (TPSA) is 47.9 Å². The van der Waals surface area contributed by atoms with Gasteiger partial charge in [0.25, 0.3) is 0 Å². The van der Waals surface area contributed by atoms with E-state index in [1.807, 2.05) is 60.7 Å². The largest absolute Gasteiger partial charge is 0.374 e. The zero-order chi connectivity index (χ0) is 16.8. The molecule has 0 amide bonds. The SMILES string of the molecule is O[C@@H]1O[C@H](COCc2ccccc2)[C@@H](OCc2ccccc2)[C@@H]1F. The van der Waals surface area contributed by atoms with Crippen LogP contribution < -0.4 is 0 Å². The summed E-state index contributed by atoms with van der Waals surface area (Å²) >= 11 is 0. The molecule has 0 unspecified atom stereocenters. The summed E-state index contributed by atoms with van der Waals surface area (Å²) in [5.74, 6) is 0. The van der Waals surface area contributed by atoms with Crippen molar-refractivity contribution >= 4 is 0 Å². The lowest BCUT2D eigenvalue weighted by Crippen LogP contribution is -2.34. The van der Waals surface area contributed by atoms with Crippen molar-refractivity contribution in [3.05, 3.63) is 71.8 Å². The van der Waals surface area contributed by atoms with Gasteiger partial charge in [0.15, 0.2) is 12.5 Å². The lowest BCUT2D eigenvalue weighted by molar-refractivity contribution is -0.129. The van der Waals surface area contributed by atoms with E-state index in [4.69, 9.17) is 14.2 Å². The normalized spacial score (nSPS) is 26.6. The first-order chi connectivity index (χ1) is 11.7. The molecule has 0 saturated carbocycles. The van der Waals surface area contributed by atoms with Crippen molar-refractivity contribution in [1.82, 2.24) is 0 Å². The Morgan fingerprint density at radius 2 is 1.50 bits per heavy atom. The second kappa shape index (κ2) is 8.35. The van der Waals surface area contributed by atoms with Gasteiger partial charge in [-0.1, -0.05) is 60.7 Å². The molecule has 128 valence electrons. The van der Waals surface area contributed by atoms with Crippen LogP contribution >= 0.6 is 0 Å². The molecule has 1 heterocycles. The maximum Gasteiger partial charge on any atom is 0.189 e. The van der Waals surface area contributed by atoms with Crippen LogP contribution in [-0.4, -0.2) is 36.4 Å². The zero-order valence-electron chi connectivity index (χ0n) is 13.3. The molecular formula is C19H21FO4. The highest BCUT2D eigenvalue weighted by molar-refractivity contribution is 5.14. The van der Waals surface area contributed by atoms with E-state index in [2.05, 4.69) is 0 Å². The van der Waals surface area contributed by atoms with Gasteiger partial charge in [-0.15, -0.1) is 0 Å². The molecule has 2 aromatic rings. The predicted molar refractivity (Wildman–Crippen MR) is 86.9 cm³/mol. The zero-order valence-corrected chi connectivity index (χ0v) is 13.3. The number of hydrogen-bond acceptors (Lipinski definition) is 4. The molecule has 4 nitrogen and oxygen atoms in total. The molecule has 4 atom stereocenters. The maximum absolute atomic E-state index is 14.1. The Hall–Kier alpha value is -1.79. The van der Waals surface area contributed by atoms with Gasteiger partial charge in [-0.2, -0.15) is 0 Å². The summed E-state index contributed by atoms with van der Waals surface area (Å²) in [5, 5.41) is 9.62. The monoisotopic (exact) mass is 332 g/mol. The van der Waals surface area contributed by atoms with Gasteiger partial charge in [0.1, 0.15) is 12.2 Å². The Morgan fingerprint density at radius 1 is 0.917 bits per heavy atom. The lowest BCUT2D eigenvalue weighted by Gasteiger charge is -2.20. The molecule has 0 spiro atoms. The fourth-order valence-electron chi connectivity index (χ4n) is 2.67. The summed E-state index contributed by atoms with van der Waals surface area (Å²) in [6, 6.07) is 19.2.